The highest BCUT2D eigenvalue weighted by atomic mass is 32.1. The van der Waals surface area contributed by atoms with Crippen LogP contribution in [-0.2, 0) is 17.8 Å². The maximum absolute atomic E-state index is 12.2. The molecule has 0 unspecified atom stereocenters. The molecule has 0 bridgehead atoms. The van der Waals surface area contributed by atoms with Crippen molar-refractivity contribution in [2.45, 2.75) is 38.8 Å². The van der Waals surface area contributed by atoms with Crippen LogP contribution in [-0.4, -0.2) is 16.5 Å². The van der Waals surface area contributed by atoms with Gasteiger partial charge in [0.15, 0.2) is 0 Å². The van der Waals surface area contributed by atoms with E-state index in [1.807, 2.05) is 49.4 Å². The number of benzene rings is 2. The SMILES string of the molecule is C[C@@H](CCc1ccccc1)NC(=O)CCn1c(=O)sc2ccccc21. The van der Waals surface area contributed by atoms with E-state index in [2.05, 4.69) is 17.4 Å². The second-order valence-electron chi connectivity index (χ2n) is 6.23. The predicted molar refractivity (Wildman–Crippen MR) is 103 cm³/mol. The molecule has 0 aliphatic heterocycles. The summed E-state index contributed by atoms with van der Waals surface area (Å²) in [5.74, 6) is -0.0113. The number of carbonyl (C=O) groups is 1. The standard InChI is InChI=1S/C20H22N2O2S/c1-15(11-12-16-7-3-2-4-8-16)21-19(23)13-14-22-17-9-5-6-10-18(17)25-20(22)24/h2-10,15H,11-14H2,1H3,(H,21,23)/t15-/m0/s1. The summed E-state index contributed by atoms with van der Waals surface area (Å²) in [6.07, 6.45) is 2.16. The fourth-order valence-corrected chi connectivity index (χ4v) is 3.80. The summed E-state index contributed by atoms with van der Waals surface area (Å²) >= 11 is 1.23. The highest BCUT2D eigenvalue weighted by molar-refractivity contribution is 7.16. The molecular formula is C20H22N2O2S. The first kappa shape index (κ1) is 17.4. The molecule has 1 heterocycles. The fourth-order valence-electron chi connectivity index (χ4n) is 2.89. The maximum atomic E-state index is 12.2. The largest absolute Gasteiger partial charge is 0.354 e. The predicted octanol–water partition coefficient (Wildman–Crippen LogP) is 3.59. The zero-order valence-electron chi connectivity index (χ0n) is 14.3. The molecular weight excluding hydrogens is 332 g/mol. The minimum atomic E-state index is -0.0113. The van der Waals surface area contributed by atoms with E-state index in [4.69, 9.17) is 0 Å². The Kier molecular flexibility index (Phi) is 5.66. The van der Waals surface area contributed by atoms with Crippen molar-refractivity contribution < 1.29 is 4.79 Å². The van der Waals surface area contributed by atoms with Crippen LogP contribution in [0.15, 0.2) is 59.4 Å². The van der Waals surface area contributed by atoms with Crippen LogP contribution in [0.3, 0.4) is 0 Å². The Morgan fingerprint density at radius 2 is 1.84 bits per heavy atom. The molecule has 0 fully saturated rings. The van der Waals surface area contributed by atoms with Crippen molar-refractivity contribution in [3.63, 3.8) is 0 Å². The van der Waals surface area contributed by atoms with Crippen LogP contribution in [0, 0.1) is 0 Å². The second kappa shape index (κ2) is 8.12. The molecule has 1 aromatic heterocycles. The number of carbonyl (C=O) groups excluding carboxylic acids is 1. The van der Waals surface area contributed by atoms with E-state index in [0.717, 1.165) is 23.1 Å². The van der Waals surface area contributed by atoms with Gasteiger partial charge in [-0.3, -0.25) is 14.2 Å². The van der Waals surface area contributed by atoms with E-state index < -0.39 is 0 Å². The van der Waals surface area contributed by atoms with Crippen LogP contribution in [0.5, 0.6) is 0 Å². The van der Waals surface area contributed by atoms with Gasteiger partial charge in [-0.05, 0) is 37.5 Å². The number of nitrogens with one attached hydrogen (secondary N) is 1. The zero-order valence-corrected chi connectivity index (χ0v) is 15.1. The van der Waals surface area contributed by atoms with Crippen molar-refractivity contribution in [1.82, 2.24) is 9.88 Å². The Bertz CT molecular complexity index is 899. The van der Waals surface area contributed by atoms with E-state index in [-0.39, 0.29) is 16.8 Å². The molecule has 1 amide bonds. The van der Waals surface area contributed by atoms with E-state index >= 15 is 0 Å². The number of fused-ring (bicyclic) bond motifs is 1. The van der Waals surface area contributed by atoms with Crippen molar-refractivity contribution in [3.05, 3.63) is 69.8 Å². The summed E-state index contributed by atoms with van der Waals surface area (Å²) in [5.41, 5.74) is 2.18. The molecule has 25 heavy (non-hydrogen) atoms. The smallest absolute Gasteiger partial charge is 0.308 e. The van der Waals surface area contributed by atoms with Crippen LogP contribution >= 0.6 is 11.3 Å². The highest BCUT2D eigenvalue weighted by Gasteiger charge is 2.11. The topological polar surface area (TPSA) is 51.1 Å². The third kappa shape index (κ3) is 4.57. The van der Waals surface area contributed by atoms with E-state index in [1.165, 1.54) is 16.9 Å². The number of rotatable bonds is 7. The third-order valence-corrected chi connectivity index (χ3v) is 5.21. The van der Waals surface area contributed by atoms with E-state index in [0.29, 0.717) is 13.0 Å². The van der Waals surface area contributed by atoms with Crippen molar-refractivity contribution in [3.8, 4) is 0 Å². The summed E-state index contributed by atoms with van der Waals surface area (Å²) in [7, 11) is 0. The van der Waals surface area contributed by atoms with Crippen molar-refractivity contribution in [1.29, 1.82) is 0 Å². The number of hydrogen-bond acceptors (Lipinski definition) is 3. The number of para-hydroxylation sites is 1. The molecule has 0 spiro atoms. The minimum Gasteiger partial charge on any atom is -0.354 e. The van der Waals surface area contributed by atoms with Gasteiger partial charge in [-0.25, -0.2) is 0 Å². The summed E-state index contributed by atoms with van der Waals surface area (Å²) in [4.78, 5) is 24.3. The maximum Gasteiger partial charge on any atom is 0.308 e. The van der Waals surface area contributed by atoms with Gasteiger partial charge in [0.1, 0.15) is 0 Å². The van der Waals surface area contributed by atoms with Gasteiger partial charge in [0, 0.05) is 19.0 Å². The first-order chi connectivity index (χ1) is 12.1. The number of aromatic nitrogens is 1. The van der Waals surface area contributed by atoms with Crippen LogP contribution < -0.4 is 10.2 Å². The molecule has 0 aliphatic carbocycles. The Balaban J connectivity index is 1.50. The highest BCUT2D eigenvalue weighted by Crippen LogP contribution is 2.16. The lowest BCUT2D eigenvalue weighted by Gasteiger charge is -2.14. The van der Waals surface area contributed by atoms with Crippen LogP contribution in [0.4, 0.5) is 0 Å². The minimum absolute atomic E-state index is 0.00822. The number of thiazole rings is 1. The monoisotopic (exact) mass is 354 g/mol. The van der Waals surface area contributed by atoms with E-state index in [9.17, 15) is 9.59 Å². The quantitative estimate of drug-likeness (QED) is 0.705. The van der Waals surface area contributed by atoms with Crippen LogP contribution in [0.1, 0.15) is 25.3 Å². The molecule has 0 radical (unpaired) electrons. The number of nitrogens with zero attached hydrogens (tertiary/aromatic N) is 1. The lowest BCUT2D eigenvalue weighted by Crippen LogP contribution is -2.33. The number of aryl methyl sites for hydroxylation is 2. The second-order valence-corrected chi connectivity index (χ2v) is 7.22. The van der Waals surface area contributed by atoms with Crippen molar-refractivity contribution in [2.24, 2.45) is 0 Å². The lowest BCUT2D eigenvalue weighted by atomic mass is 10.1. The Labute approximate surface area is 151 Å². The molecule has 0 saturated heterocycles. The van der Waals surface area contributed by atoms with Crippen LogP contribution in [0.2, 0.25) is 0 Å². The molecule has 1 atom stereocenters. The molecule has 130 valence electrons. The van der Waals surface area contributed by atoms with Gasteiger partial charge in [0.05, 0.1) is 10.2 Å². The average Bonchev–Trinajstić information content (AvgIpc) is 2.94. The van der Waals surface area contributed by atoms with Crippen molar-refractivity contribution in [2.75, 3.05) is 0 Å². The summed E-state index contributed by atoms with van der Waals surface area (Å²) in [5, 5.41) is 3.03. The Morgan fingerprint density at radius 3 is 2.64 bits per heavy atom. The molecule has 3 aromatic rings. The molecule has 4 nitrogen and oxygen atoms in total. The van der Waals surface area contributed by atoms with Gasteiger partial charge in [-0.1, -0.05) is 53.8 Å². The van der Waals surface area contributed by atoms with Crippen LogP contribution in [0.25, 0.3) is 10.2 Å². The number of hydrogen-bond donors (Lipinski definition) is 1. The first-order valence-corrected chi connectivity index (χ1v) is 9.37. The zero-order chi connectivity index (χ0) is 17.6. The van der Waals surface area contributed by atoms with Gasteiger partial charge in [0.2, 0.25) is 5.91 Å². The van der Waals surface area contributed by atoms with Crippen molar-refractivity contribution >= 4 is 27.5 Å². The molecule has 2 aromatic carbocycles. The normalized spacial score (nSPS) is 12.2. The van der Waals surface area contributed by atoms with Gasteiger partial charge >= 0.3 is 4.87 Å². The molecule has 0 saturated carbocycles. The molecule has 1 N–H and O–H groups in total. The molecule has 0 aliphatic rings. The number of amides is 1. The van der Waals surface area contributed by atoms with Gasteiger partial charge in [-0.15, -0.1) is 0 Å². The van der Waals surface area contributed by atoms with Gasteiger partial charge in [-0.2, -0.15) is 0 Å². The first-order valence-electron chi connectivity index (χ1n) is 8.55. The molecule has 3 rings (SSSR count). The Morgan fingerprint density at radius 1 is 1.12 bits per heavy atom. The van der Waals surface area contributed by atoms with Gasteiger partial charge < -0.3 is 5.32 Å². The van der Waals surface area contributed by atoms with Gasteiger partial charge in [0.25, 0.3) is 0 Å². The lowest BCUT2D eigenvalue weighted by molar-refractivity contribution is -0.121. The van der Waals surface area contributed by atoms with E-state index in [1.54, 1.807) is 4.57 Å². The third-order valence-electron chi connectivity index (χ3n) is 4.25. The average molecular weight is 354 g/mol. The summed E-state index contributed by atoms with van der Waals surface area (Å²) in [6, 6.07) is 18.1. The summed E-state index contributed by atoms with van der Waals surface area (Å²) in [6.45, 7) is 2.44. The summed E-state index contributed by atoms with van der Waals surface area (Å²) < 4.78 is 2.65. The Hall–Kier alpha value is -2.40. The fraction of sp³-hybridized carbons (Fsp3) is 0.300. The molecule has 5 heteroatoms.